The molecule has 1 saturated heterocycles. The Morgan fingerprint density at radius 3 is 3.17 bits per heavy atom. The summed E-state index contributed by atoms with van der Waals surface area (Å²) in [5.74, 6) is 7.01. The second-order valence-electron chi connectivity index (χ2n) is 5.66. The molecule has 3 heterocycles. The topological polar surface area (TPSA) is 54.5 Å². The summed E-state index contributed by atoms with van der Waals surface area (Å²) in [5.41, 5.74) is 2.10. The van der Waals surface area contributed by atoms with Crippen LogP contribution in [-0.2, 0) is 6.42 Å². The molecule has 2 aliphatic rings. The second kappa shape index (κ2) is 5.43. The van der Waals surface area contributed by atoms with E-state index in [1.54, 1.807) is 11.8 Å². The van der Waals surface area contributed by atoms with E-state index in [1.807, 2.05) is 12.1 Å². The molecule has 1 N–H and O–H groups in total. The Kier molecular flexibility index (Phi) is 3.38. The summed E-state index contributed by atoms with van der Waals surface area (Å²) in [5, 5.41) is 3.72. The van der Waals surface area contributed by atoms with Gasteiger partial charge >= 0.3 is 6.03 Å². The fourth-order valence-electron chi connectivity index (χ4n) is 3.22. The summed E-state index contributed by atoms with van der Waals surface area (Å²) >= 11 is 1.54. The van der Waals surface area contributed by atoms with Crippen molar-refractivity contribution in [3.63, 3.8) is 0 Å². The molecule has 2 aliphatic heterocycles. The molecule has 1 aromatic carbocycles. The van der Waals surface area contributed by atoms with Crippen molar-refractivity contribution in [1.29, 1.82) is 0 Å². The van der Waals surface area contributed by atoms with Crippen LogP contribution in [0.3, 0.4) is 0 Å². The number of carbonyl (C=O) groups excluding carboxylic acids is 1. The summed E-state index contributed by atoms with van der Waals surface area (Å²) in [6.07, 6.45) is 1.72. The SMILES string of the molecule is CC#C[C@@H]1[C@H](CC)NC(=O)N1c1nc2c3c(ccc2s1)OCC3. The minimum atomic E-state index is -0.164. The highest BCUT2D eigenvalue weighted by molar-refractivity contribution is 7.22. The van der Waals surface area contributed by atoms with Gasteiger partial charge in [-0.2, -0.15) is 0 Å². The van der Waals surface area contributed by atoms with E-state index < -0.39 is 0 Å². The van der Waals surface area contributed by atoms with Gasteiger partial charge in [0.05, 0.1) is 22.9 Å². The Bertz CT molecular complexity index is 849. The van der Waals surface area contributed by atoms with E-state index in [0.717, 1.165) is 34.4 Å². The fourth-order valence-corrected chi connectivity index (χ4v) is 4.25. The molecular formula is C17H17N3O2S. The maximum atomic E-state index is 12.4. The Morgan fingerprint density at radius 2 is 2.39 bits per heavy atom. The third kappa shape index (κ3) is 2.15. The molecule has 4 rings (SSSR count). The molecule has 6 heteroatoms. The highest BCUT2D eigenvalue weighted by Gasteiger charge is 2.40. The number of hydrogen-bond donors (Lipinski definition) is 1. The lowest BCUT2D eigenvalue weighted by atomic mass is 10.1. The molecule has 0 aliphatic carbocycles. The molecule has 0 spiro atoms. The van der Waals surface area contributed by atoms with Crippen molar-refractivity contribution in [2.75, 3.05) is 11.5 Å². The van der Waals surface area contributed by atoms with Gasteiger partial charge in [0, 0.05) is 12.0 Å². The van der Waals surface area contributed by atoms with E-state index in [1.165, 1.54) is 11.3 Å². The quantitative estimate of drug-likeness (QED) is 0.863. The minimum Gasteiger partial charge on any atom is -0.493 e. The zero-order valence-electron chi connectivity index (χ0n) is 13.0. The summed E-state index contributed by atoms with van der Waals surface area (Å²) in [6.45, 7) is 4.56. The van der Waals surface area contributed by atoms with Crippen LogP contribution in [0.1, 0.15) is 25.8 Å². The first kappa shape index (κ1) is 14.3. The molecule has 1 fully saturated rings. The Morgan fingerprint density at radius 1 is 1.52 bits per heavy atom. The normalized spacial score (nSPS) is 22.5. The van der Waals surface area contributed by atoms with Gasteiger partial charge < -0.3 is 10.1 Å². The number of anilines is 1. The average Bonchev–Trinajstić information content (AvgIpc) is 3.22. The van der Waals surface area contributed by atoms with E-state index in [9.17, 15) is 4.79 Å². The van der Waals surface area contributed by atoms with Crippen LogP contribution in [0.5, 0.6) is 5.75 Å². The maximum absolute atomic E-state index is 12.4. The lowest BCUT2D eigenvalue weighted by Gasteiger charge is -2.18. The van der Waals surface area contributed by atoms with Gasteiger partial charge in [-0.3, -0.25) is 4.90 Å². The summed E-state index contributed by atoms with van der Waals surface area (Å²) < 4.78 is 6.69. The number of benzene rings is 1. The first-order valence-corrected chi connectivity index (χ1v) is 8.61. The minimum absolute atomic E-state index is 0.0380. The Labute approximate surface area is 138 Å². The highest BCUT2D eigenvalue weighted by atomic mass is 32.1. The third-order valence-corrected chi connectivity index (χ3v) is 5.37. The smallest absolute Gasteiger partial charge is 0.325 e. The third-order valence-electron chi connectivity index (χ3n) is 4.35. The molecule has 1 aromatic heterocycles. The monoisotopic (exact) mass is 327 g/mol. The molecule has 23 heavy (non-hydrogen) atoms. The van der Waals surface area contributed by atoms with Crippen LogP contribution in [0.25, 0.3) is 10.2 Å². The molecular weight excluding hydrogens is 310 g/mol. The van der Waals surface area contributed by atoms with Crippen LogP contribution in [0.15, 0.2) is 12.1 Å². The maximum Gasteiger partial charge on any atom is 0.325 e. The van der Waals surface area contributed by atoms with Crippen molar-refractivity contribution < 1.29 is 9.53 Å². The van der Waals surface area contributed by atoms with E-state index in [-0.39, 0.29) is 18.1 Å². The molecule has 5 nitrogen and oxygen atoms in total. The number of hydrogen-bond acceptors (Lipinski definition) is 4. The first-order chi connectivity index (χ1) is 11.2. The lowest BCUT2D eigenvalue weighted by Crippen LogP contribution is -2.35. The van der Waals surface area contributed by atoms with Gasteiger partial charge in [0.2, 0.25) is 0 Å². The molecule has 118 valence electrons. The van der Waals surface area contributed by atoms with Crippen molar-refractivity contribution >= 4 is 32.7 Å². The Balaban J connectivity index is 1.81. The predicted octanol–water partition coefficient (Wildman–Crippen LogP) is 2.93. The van der Waals surface area contributed by atoms with Crippen molar-refractivity contribution in [2.45, 2.75) is 38.8 Å². The average molecular weight is 327 g/mol. The van der Waals surface area contributed by atoms with Gasteiger partial charge in [-0.05, 0) is 25.5 Å². The van der Waals surface area contributed by atoms with Crippen LogP contribution >= 0.6 is 11.3 Å². The van der Waals surface area contributed by atoms with Gasteiger partial charge in [0.25, 0.3) is 0 Å². The van der Waals surface area contributed by atoms with Crippen LogP contribution < -0.4 is 15.0 Å². The number of carbonyl (C=O) groups is 1. The zero-order valence-corrected chi connectivity index (χ0v) is 13.9. The van der Waals surface area contributed by atoms with Crippen molar-refractivity contribution in [3.05, 3.63) is 17.7 Å². The van der Waals surface area contributed by atoms with Crippen LogP contribution in [0, 0.1) is 11.8 Å². The summed E-state index contributed by atoms with van der Waals surface area (Å²) in [4.78, 5) is 18.9. The fraction of sp³-hybridized carbons (Fsp3) is 0.412. The molecule has 0 radical (unpaired) electrons. The highest BCUT2D eigenvalue weighted by Crippen LogP contribution is 2.39. The van der Waals surface area contributed by atoms with Crippen LogP contribution in [0.4, 0.5) is 9.93 Å². The molecule has 2 aromatic rings. The van der Waals surface area contributed by atoms with Crippen LogP contribution in [0.2, 0.25) is 0 Å². The zero-order chi connectivity index (χ0) is 16.0. The number of nitrogens with zero attached hydrogens (tertiary/aromatic N) is 2. The second-order valence-corrected chi connectivity index (χ2v) is 6.67. The predicted molar refractivity (Wildman–Crippen MR) is 91.1 cm³/mol. The number of ether oxygens (including phenoxy) is 1. The molecule has 0 bridgehead atoms. The largest absolute Gasteiger partial charge is 0.493 e. The van der Waals surface area contributed by atoms with Gasteiger partial charge in [-0.15, -0.1) is 5.92 Å². The number of thiazole rings is 1. The van der Waals surface area contributed by atoms with Gasteiger partial charge in [0.15, 0.2) is 5.13 Å². The lowest BCUT2D eigenvalue weighted by molar-refractivity contribution is 0.250. The van der Waals surface area contributed by atoms with Gasteiger partial charge in [-0.1, -0.05) is 24.2 Å². The van der Waals surface area contributed by atoms with E-state index >= 15 is 0 Å². The van der Waals surface area contributed by atoms with Gasteiger partial charge in [-0.25, -0.2) is 9.78 Å². The first-order valence-electron chi connectivity index (χ1n) is 7.80. The molecule has 0 saturated carbocycles. The number of rotatable bonds is 2. The summed E-state index contributed by atoms with van der Waals surface area (Å²) in [7, 11) is 0. The van der Waals surface area contributed by atoms with E-state index in [2.05, 4.69) is 24.1 Å². The van der Waals surface area contributed by atoms with Crippen molar-refractivity contribution in [1.82, 2.24) is 10.3 Å². The van der Waals surface area contributed by atoms with Crippen molar-refractivity contribution in [3.8, 4) is 17.6 Å². The van der Waals surface area contributed by atoms with E-state index in [0.29, 0.717) is 11.7 Å². The number of aromatic nitrogens is 1. The standard InChI is InChI=1S/C17H17N3O2S/c1-3-5-12-11(4-2)18-16(21)20(12)17-19-15-10-8-9-22-13(10)6-7-14(15)23-17/h6-7,11-12H,4,8-9H2,1-2H3,(H,18,21)/t11-,12+/m0/s1. The Hall–Kier alpha value is -2.26. The number of fused-ring (bicyclic) bond motifs is 3. The number of amides is 2. The van der Waals surface area contributed by atoms with E-state index in [4.69, 9.17) is 9.72 Å². The molecule has 2 atom stereocenters. The van der Waals surface area contributed by atoms with Gasteiger partial charge in [0.1, 0.15) is 11.8 Å². The van der Waals surface area contributed by atoms with Crippen molar-refractivity contribution in [2.24, 2.45) is 0 Å². The number of urea groups is 1. The summed E-state index contributed by atoms with van der Waals surface area (Å²) in [6, 6.07) is 3.77. The molecule has 2 amide bonds. The van der Waals surface area contributed by atoms with Crippen LogP contribution in [-0.4, -0.2) is 29.7 Å². The molecule has 0 unspecified atom stereocenters. The number of nitrogens with one attached hydrogen (secondary N) is 1.